The van der Waals surface area contributed by atoms with Gasteiger partial charge in [0.1, 0.15) is 0 Å². The van der Waals surface area contributed by atoms with Gasteiger partial charge in [0.15, 0.2) is 5.78 Å². The van der Waals surface area contributed by atoms with Crippen molar-refractivity contribution >= 4 is 5.78 Å². The zero-order chi connectivity index (χ0) is 9.14. The van der Waals surface area contributed by atoms with Crippen molar-refractivity contribution in [3.05, 3.63) is 35.5 Å². The number of carbonyl (C=O) groups is 1. The van der Waals surface area contributed by atoms with Gasteiger partial charge in [0.2, 0.25) is 0 Å². The first-order valence-electron chi connectivity index (χ1n) is 4.22. The van der Waals surface area contributed by atoms with Crippen LogP contribution in [0.15, 0.2) is 35.5 Å². The number of Topliss-reactive ketones (excluding diaryl/α,β-unsaturated/α-hetero) is 1. The first-order chi connectivity index (χ1) is 5.70. The maximum Gasteiger partial charge on any atom is 0.163 e. The van der Waals surface area contributed by atoms with Crippen molar-refractivity contribution in [3.8, 4) is 0 Å². The Kier molecular flexibility index (Phi) is 2.64. The van der Waals surface area contributed by atoms with Crippen LogP contribution in [0.1, 0.15) is 26.7 Å². The number of ketones is 1. The highest BCUT2D eigenvalue weighted by Gasteiger charge is 2.18. The Morgan fingerprint density at radius 2 is 2.08 bits per heavy atom. The normalized spacial score (nSPS) is 21.8. The molecule has 0 unspecified atom stereocenters. The molecule has 0 spiro atoms. The average Bonchev–Trinajstić information content (AvgIpc) is 2.08. The van der Waals surface area contributed by atoms with E-state index in [1.807, 2.05) is 13.0 Å². The minimum atomic E-state index is 0.248. The molecule has 0 atom stereocenters. The molecule has 0 heterocycles. The van der Waals surface area contributed by atoms with Crippen LogP contribution in [0.3, 0.4) is 0 Å². The summed E-state index contributed by atoms with van der Waals surface area (Å²) in [4.78, 5) is 11.4. The fraction of sp³-hybridized carbons (Fsp3) is 0.364. The van der Waals surface area contributed by atoms with Gasteiger partial charge >= 0.3 is 0 Å². The van der Waals surface area contributed by atoms with Gasteiger partial charge in [-0.1, -0.05) is 24.3 Å². The lowest BCUT2D eigenvalue weighted by Crippen LogP contribution is -2.11. The maximum atomic E-state index is 11.4. The third kappa shape index (κ3) is 1.40. The SMILES string of the molecule is C=CC1=C(C)CCC(=O)/C1=C\C. The van der Waals surface area contributed by atoms with Gasteiger partial charge in [-0.3, -0.25) is 4.79 Å². The quantitative estimate of drug-likeness (QED) is 0.542. The van der Waals surface area contributed by atoms with E-state index in [4.69, 9.17) is 0 Å². The lowest BCUT2D eigenvalue weighted by atomic mass is 9.87. The number of carbonyl (C=O) groups excluding carboxylic acids is 1. The van der Waals surface area contributed by atoms with Gasteiger partial charge in [0.25, 0.3) is 0 Å². The molecule has 0 aromatic heterocycles. The molecule has 0 fully saturated rings. The summed E-state index contributed by atoms with van der Waals surface area (Å²) in [6, 6.07) is 0. The molecule has 1 aliphatic rings. The van der Waals surface area contributed by atoms with Crippen LogP contribution in [-0.2, 0) is 4.79 Å². The van der Waals surface area contributed by atoms with Gasteiger partial charge in [-0.05, 0) is 25.8 Å². The Morgan fingerprint density at radius 3 is 2.50 bits per heavy atom. The maximum absolute atomic E-state index is 11.4. The van der Waals surface area contributed by atoms with E-state index in [0.717, 1.165) is 17.6 Å². The number of allylic oxidation sites excluding steroid dienone is 5. The average molecular weight is 162 g/mol. The third-order valence-electron chi connectivity index (χ3n) is 2.27. The molecular formula is C11H14O. The summed E-state index contributed by atoms with van der Waals surface area (Å²) < 4.78 is 0. The molecule has 64 valence electrons. The molecule has 0 aromatic rings. The van der Waals surface area contributed by atoms with Crippen molar-refractivity contribution in [2.75, 3.05) is 0 Å². The summed E-state index contributed by atoms with van der Waals surface area (Å²) in [5, 5.41) is 0. The fourth-order valence-corrected chi connectivity index (χ4v) is 1.55. The van der Waals surface area contributed by atoms with Crippen molar-refractivity contribution in [1.29, 1.82) is 0 Å². The zero-order valence-corrected chi connectivity index (χ0v) is 7.68. The molecule has 0 N–H and O–H groups in total. The lowest BCUT2D eigenvalue weighted by molar-refractivity contribution is -0.115. The second-order valence-electron chi connectivity index (χ2n) is 3.02. The van der Waals surface area contributed by atoms with Crippen LogP contribution in [0.4, 0.5) is 0 Å². The minimum Gasteiger partial charge on any atom is -0.294 e. The molecule has 0 aromatic carbocycles. The molecule has 0 saturated heterocycles. The highest BCUT2D eigenvalue weighted by molar-refractivity contribution is 6.01. The molecule has 1 heteroatoms. The lowest BCUT2D eigenvalue weighted by Gasteiger charge is -2.16. The standard InChI is InChI=1S/C11H14O/c1-4-9-8(3)6-7-11(12)10(9)5-2/h4-5H,1,6-7H2,2-3H3/b10-5-. The Balaban J connectivity index is 3.17. The predicted molar refractivity (Wildman–Crippen MR) is 50.9 cm³/mol. The first kappa shape index (κ1) is 8.98. The minimum absolute atomic E-state index is 0.248. The molecule has 0 bridgehead atoms. The smallest absolute Gasteiger partial charge is 0.163 e. The predicted octanol–water partition coefficient (Wildman–Crippen LogP) is 2.80. The van der Waals surface area contributed by atoms with Gasteiger partial charge in [-0.2, -0.15) is 0 Å². The van der Waals surface area contributed by atoms with Crippen molar-refractivity contribution in [3.63, 3.8) is 0 Å². The van der Waals surface area contributed by atoms with Gasteiger partial charge in [-0.25, -0.2) is 0 Å². The highest BCUT2D eigenvalue weighted by atomic mass is 16.1. The Bertz CT molecular complexity index is 279. The van der Waals surface area contributed by atoms with E-state index in [1.165, 1.54) is 5.57 Å². The number of rotatable bonds is 1. The van der Waals surface area contributed by atoms with Crippen molar-refractivity contribution in [1.82, 2.24) is 0 Å². The fourth-order valence-electron chi connectivity index (χ4n) is 1.55. The highest BCUT2D eigenvalue weighted by Crippen LogP contribution is 2.27. The molecular weight excluding hydrogens is 148 g/mol. The van der Waals surface area contributed by atoms with Gasteiger partial charge in [-0.15, -0.1) is 0 Å². The van der Waals surface area contributed by atoms with Crippen LogP contribution in [0.2, 0.25) is 0 Å². The van der Waals surface area contributed by atoms with Gasteiger partial charge < -0.3 is 0 Å². The molecule has 1 rings (SSSR count). The zero-order valence-electron chi connectivity index (χ0n) is 7.68. The van der Waals surface area contributed by atoms with Crippen LogP contribution in [0, 0.1) is 0 Å². The first-order valence-corrected chi connectivity index (χ1v) is 4.22. The van der Waals surface area contributed by atoms with E-state index in [2.05, 4.69) is 13.5 Å². The summed E-state index contributed by atoms with van der Waals surface area (Å²) >= 11 is 0. The summed E-state index contributed by atoms with van der Waals surface area (Å²) in [7, 11) is 0. The van der Waals surface area contributed by atoms with Crippen LogP contribution in [0.5, 0.6) is 0 Å². The summed E-state index contributed by atoms with van der Waals surface area (Å²) in [5.74, 6) is 0.248. The van der Waals surface area contributed by atoms with E-state index in [9.17, 15) is 4.79 Å². The van der Waals surface area contributed by atoms with Crippen molar-refractivity contribution in [2.24, 2.45) is 0 Å². The topological polar surface area (TPSA) is 17.1 Å². The van der Waals surface area contributed by atoms with Crippen LogP contribution in [-0.4, -0.2) is 5.78 Å². The summed E-state index contributed by atoms with van der Waals surface area (Å²) in [6.07, 6.45) is 5.20. The van der Waals surface area contributed by atoms with E-state index in [-0.39, 0.29) is 5.78 Å². The molecule has 0 radical (unpaired) electrons. The third-order valence-corrected chi connectivity index (χ3v) is 2.27. The van der Waals surface area contributed by atoms with Crippen molar-refractivity contribution < 1.29 is 4.79 Å². The largest absolute Gasteiger partial charge is 0.294 e. The summed E-state index contributed by atoms with van der Waals surface area (Å²) in [5.41, 5.74) is 3.15. The molecule has 0 saturated carbocycles. The van der Waals surface area contributed by atoms with Crippen LogP contribution in [0.25, 0.3) is 0 Å². The second kappa shape index (κ2) is 3.53. The Labute approximate surface area is 73.5 Å². The van der Waals surface area contributed by atoms with E-state index in [1.54, 1.807) is 6.08 Å². The van der Waals surface area contributed by atoms with Gasteiger partial charge in [0, 0.05) is 12.0 Å². The second-order valence-corrected chi connectivity index (χ2v) is 3.02. The molecule has 1 aliphatic carbocycles. The van der Waals surface area contributed by atoms with Gasteiger partial charge in [0.05, 0.1) is 0 Å². The molecule has 0 aliphatic heterocycles. The number of hydrogen-bond acceptors (Lipinski definition) is 1. The Hall–Kier alpha value is -1.11. The molecule has 1 nitrogen and oxygen atoms in total. The summed E-state index contributed by atoms with van der Waals surface area (Å²) in [6.45, 7) is 7.68. The molecule has 12 heavy (non-hydrogen) atoms. The number of hydrogen-bond donors (Lipinski definition) is 0. The van der Waals surface area contributed by atoms with E-state index in [0.29, 0.717) is 6.42 Å². The molecule has 0 amide bonds. The Morgan fingerprint density at radius 1 is 1.42 bits per heavy atom. The van der Waals surface area contributed by atoms with Crippen LogP contribution < -0.4 is 0 Å². The van der Waals surface area contributed by atoms with Crippen molar-refractivity contribution in [2.45, 2.75) is 26.7 Å². The monoisotopic (exact) mass is 162 g/mol. The van der Waals surface area contributed by atoms with Crippen LogP contribution >= 0.6 is 0 Å². The van der Waals surface area contributed by atoms with E-state index >= 15 is 0 Å². The van der Waals surface area contributed by atoms with E-state index < -0.39 is 0 Å².